The van der Waals surface area contributed by atoms with Gasteiger partial charge in [0, 0.05) is 19.6 Å². The molecule has 0 radical (unpaired) electrons. The molecule has 1 unspecified atom stereocenters. The van der Waals surface area contributed by atoms with E-state index < -0.39 is 0 Å². The molecule has 1 saturated carbocycles. The average Bonchev–Trinajstić information content (AvgIpc) is 3.32. The Labute approximate surface area is 185 Å². The zero-order valence-electron chi connectivity index (χ0n) is 18.9. The van der Waals surface area contributed by atoms with Crippen LogP contribution in [0.15, 0.2) is 6.20 Å². The van der Waals surface area contributed by atoms with Crippen molar-refractivity contribution < 1.29 is 4.79 Å². The van der Waals surface area contributed by atoms with Gasteiger partial charge in [0.05, 0.1) is 18.8 Å². The molecule has 1 saturated heterocycles. The van der Waals surface area contributed by atoms with Crippen LogP contribution in [0, 0.1) is 17.2 Å². The number of nitriles is 1. The molecule has 8 nitrogen and oxygen atoms in total. The molecule has 1 N–H and O–H groups in total. The number of aromatic nitrogens is 2. The third kappa shape index (κ3) is 4.62. The van der Waals surface area contributed by atoms with Crippen molar-refractivity contribution in [3.8, 4) is 6.07 Å². The van der Waals surface area contributed by atoms with Gasteiger partial charge < -0.3 is 15.1 Å². The van der Waals surface area contributed by atoms with Crippen LogP contribution < -0.4 is 15.1 Å². The molecule has 0 bridgehead atoms. The third-order valence-corrected chi connectivity index (χ3v) is 7.25. The first-order valence-corrected chi connectivity index (χ1v) is 11.9. The van der Waals surface area contributed by atoms with E-state index in [2.05, 4.69) is 33.1 Å². The summed E-state index contributed by atoms with van der Waals surface area (Å²) in [6, 6.07) is 2.50. The van der Waals surface area contributed by atoms with Crippen LogP contribution in [0.1, 0.15) is 58.3 Å². The standard InChI is InChI=1S/C23H35N7O/c1-3-19-22(31)28(2)20-16-26-23(27-21(20)30(19)18-6-4-5-7-18)25-12-8-17-9-13-29(14-10-17)15-11-24/h16-19H,3-10,12-15H2,1-2H3,(H,25,26,27). The fraction of sp³-hybridized carbons (Fsp3) is 0.739. The van der Waals surface area contributed by atoms with Gasteiger partial charge in [-0.2, -0.15) is 10.2 Å². The summed E-state index contributed by atoms with van der Waals surface area (Å²) in [6.45, 7) is 5.51. The molecule has 3 heterocycles. The Hall–Kier alpha value is -2.40. The van der Waals surface area contributed by atoms with Gasteiger partial charge in [0.15, 0.2) is 5.82 Å². The maximum Gasteiger partial charge on any atom is 0.249 e. The van der Waals surface area contributed by atoms with Crippen molar-refractivity contribution >= 4 is 23.4 Å². The van der Waals surface area contributed by atoms with E-state index in [1.165, 1.54) is 12.8 Å². The minimum atomic E-state index is -0.137. The molecule has 8 heteroatoms. The summed E-state index contributed by atoms with van der Waals surface area (Å²) in [5.41, 5.74) is 0.817. The minimum absolute atomic E-state index is 0.137. The third-order valence-electron chi connectivity index (χ3n) is 7.25. The number of fused-ring (bicyclic) bond motifs is 1. The quantitative estimate of drug-likeness (QED) is 0.672. The molecule has 0 aromatic carbocycles. The number of piperidine rings is 1. The van der Waals surface area contributed by atoms with Crippen molar-refractivity contribution in [1.82, 2.24) is 14.9 Å². The molecule has 3 aliphatic rings. The molecule has 2 aliphatic heterocycles. The van der Waals surface area contributed by atoms with Crippen molar-refractivity contribution in [1.29, 1.82) is 5.26 Å². The Balaban J connectivity index is 1.42. The maximum atomic E-state index is 13.0. The van der Waals surface area contributed by atoms with Gasteiger partial charge in [-0.3, -0.25) is 9.69 Å². The second-order valence-electron chi connectivity index (χ2n) is 9.16. The van der Waals surface area contributed by atoms with Crippen molar-refractivity contribution in [3.63, 3.8) is 0 Å². The summed E-state index contributed by atoms with van der Waals surface area (Å²) in [7, 11) is 1.84. The van der Waals surface area contributed by atoms with Crippen molar-refractivity contribution in [2.75, 3.05) is 48.3 Å². The summed E-state index contributed by atoms with van der Waals surface area (Å²) in [5, 5.41) is 12.3. The molecular formula is C23H35N7O. The number of hydrogen-bond donors (Lipinski definition) is 1. The lowest BCUT2D eigenvalue weighted by molar-refractivity contribution is -0.120. The summed E-state index contributed by atoms with van der Waals surface area (Å²) >= 11 is 0. The van der Waals surface area contributed by atoms with E-state index in [9.17, 15) is 4.79 Å². The molecule has 1 aliphatic carbocycles. The maximum absolute atomic E-state index is 13.0. The highest BCUT2D eigenvalue weighted by atomic mass is 16.2. The van der Waals surface area contributed by atoms with E-state index >= 15 is 0 Å². The highest BCUT2D eigenvalue weighted by Gasteiger charge is 2.41. The molecule has 1 amide bonds. The Morgan fingerprint density at radius 1 is 1.23 bits per heavy atom. The van der Waals surface area contributed by atoms with Crippen LogP contribution in [0.3, 0.4) is 0 Å². The smallest absolute Gasteiger partial charge is 0.249 e. The van der Waals surface area contributed by atoms with E-state index in [4.69, 9.17) is 10.2 Å². The first kappa shape index (κ1) is 21.8. The number of carbonyl (C=O) groups excluding carboxylic acids is 1. The average molecular weight is 426 g/mol. The van der Waals surface area contributed by atoms with Crippen LogP contribution in [-0.4, -0.2) is 66.1 Å². The van der Waals surface area contributed by atoms with Crippen molar-refractivity contribution in [2.24, 2.45) is 5.92 Å². The second-order valence-corrected chi connectivity index (χ2v) is 9.16. The van der Waals surface area contributed by atoms with Gasteiger partial charge in [-0.05, 0) is 57.5 Å². The lowest BCUT2D eigenvalue weighted by Crippen LogP contribution is -2.55. The molecule has 2 fully saturated rings. The van der Waals surface area contributed by atoms with Gasteiger partial charge in [-0.25, -0.2) is 4.98 Å². The first-order chi connectivity index (χ1) is 15.1. The molecule has 1 aromatic rings. The lowest BCUT2D eigenvalue weighted by atomic mass is 9.93. The summed E-state index contributed by atoms with van der Waals surface area (Å²) < 4.78 is 0. The van der Waals surface area contributed by atoms with Crippen LogP contribution in [0.25, 0.3) is 0 Å². The molecule has 168 valence electrons. The SMILES string of the molecule is CCC1C(=O)N(C)c2cnc(NCCC3CCN(CC#N)CC3)nc2N1C1CCCC1. The monoisotopic (exact) mass is 425 g/mol. The Morgan fingerprint density at radius 2 is 1.97 bits per heavy atom. The minimum Gasteiger partial charge on any atom is -0.354 e. The number of anilines is 3. The van der Waals surface area contributed by atoms with Crippen LogP contribution in [0.2, 0.25) is 0 Å². The van der Waals surface area contributed by atoms with E-state index in [1.54, 1.807) is 11.1 Å². The van der Waals surface area contributed by atoms with Crippen LogP contribution >= 0.6 is 0 Å². The summed E-state index contributed by atoms with van der Waals surface area (Å²) in [4.78, 5) is 28.7. The fourth-order valence-electron chi connectivity index (χ4n) is 5.39. The summed E-state index contributed by atoms with van der Waals surface area (Å²) in [6.07, 6.45) is 10.7. The summed E-state index contributed by atoms with van der Waals surface area (Å²) in [5.74, 6) is 2.39. The lowest BCUT2D eigenvalue weighted by Gasteiger charge is -2.43. The molecule has 1 atom stereocenters. The number of nitrogens with one attached hydrogen (secondary N) is 1. The number of nitrogens with zero attached hydrogens (tertiary/aromatic N) is 6. The number of hydrogen-bond acceptors (Lipinski definition) is 7. The van der Waals surface area contributed by atoms with E-state index in [-0.39, 0.29) is 11.9 Å². The Kier molecular flexibility index (Phi) is 6.91. The molecule has 0 spiro atoms. The largest absolute Gasteiger partial charge is 0.354 e. The number of likely N-dealkylation sites (N-methyl/N-ethyl adjacent to an activating group) is 1. The van der Waals surface area contributed by atoms with Crippen molar-refractivity contribution in [2.45, 2.75) is 70.4 Å². The van der Waals surface area contributed by atoms with Gasteiger partial charge >= 0.3 is 0 Å². The molecule has 4 rings (SSSR count). The van der Waals surface area contributed by atoms with Crippen molar-refractivity contribution in [3.05, 3.63) is 6.20 Å². The van der Waals surface area contributed by atoms with Crippen LogP contribution in [0.4, 0.5) is 17.5 Å². The first-order valence-electron chi connectivity index (χ1n) is 11.9. The highest BCUT2D eigenvalue weighted by Crippen LogP contribution is 2.39. The second kappa shape index (κ2) is 9.82. The van der Waals surface area contributed by atoms with Gasteiger partial charge in [0.1, 0.15) is 11.7 Å². The number of rotatable bonds is 7. The normalized spacial score (nSPS) is 23.1. The van der Waals surface area contributed by atoms with Gasteiger partial charge in [-0.1, -0.05) is 19.8 Å². The van der Waals surface area contributed by atoms with Gasteiger partial charge in [0.2, 0.25) is 11.9 Å². The Bertz CT molecular complexity index is 809. The zero-order valence-corrected chi connectivity index (χ0v) is 18.9. The predicted octanol–water partition coefficient (Wildman–Crippen LogP) is 3.02. The van der Waals surface area contributed by atoms with Crippen LogP contribution in [-0.2, 0) is 4.79 Å². The topological polar surface area (TPSA) is 88.4 Å². The highest BCUT2D eigenvalue weighted by molar-refractivity contribution is 6.04. The molecular weight excluding hydrogens is 390 g/mol. The zero-order chi connectivity index (χ0) is 21.8. The predicted molar refractivity (Wildman–Crippen MR) is 122 cm³/mol. The van der Waals surface area contributed by atoms with Crippen LogP contribution in [0.5, 0.6) is 0 Å². The fourth-order valence-corrected chi connectivity index (χ4v) is 5.39. The Morgan fingerprint density at radius 3 is 2.65 bits per heavy atom. The van der Waals surface area contributed by atoms with Gasteiger partial charge in [-0.15, -0.1) is 0 Å². The number of carbonyl (C=O) groups is 1. The molecule has 1 aromatic heterocycles. The number of likely N-dealkylation sites (tertiary alicyclic amines) is 1. The van der Waals surface area contributed by atoms with Gasteiger partial charge in [0.25, 0.3) is 0 Å². The van der Waals surface area contributed by atoms with E-state index in [1.807, 2.05) is 7.05 Å². The number of amides is 1. The van der Waals surface area contributed by atoms with E-state index in [0.29, 0.717) is 24.5 Å². The van der Waals surface area contributed by atoms with E-state index in [0.717, 1.165) is 69.7 Å². The molecule has 31 heavy (non-hydrogen) atoms.